The zero-order valence-corrected chi connectivity index (χ0v) is 10.8. The average Bonchev–Trinajstić information content (AvgIpc) is 2.73. The van der Waals surface area contributed by atoms with Crippen LogP contribution in [0.15, 0.2) is 33.6 Å². The topological polar surface area (TPSA) is 58.7 Å². The van der Waals surface area contributed by atoms with E-state index in [4.69, 9.17) is 5.73 Å². The normalized spacial score (nSPS) is 20.1. The Balaban J connectivity index is 2.34. The molecular formula is C10H10BrN3OS. The van der Waals surface area contributed by atoms with Gasteiger partial charge in [-0.25, -0.2) is 4.79 Å². The molecule has 1 aliphatic rings. The number of aliphatic imine (C=N–C) groups is 1. The fourth-order valence-corrected chi connectivity index (χ4v) is 3.17. The fourth-order valence-electron chi connectivity index (χ4n) is 1.60. The molecule has 1 aromatic heterocycles. The minimum absolute atomic E-state index is 0.248. The molecule has 0 saturated carbocycles. The van der Waals surface area contributed by atoms with E-state index in [-0.39, 0.29) is 12.1 Å². The van der Waals surface area contributed by atoms with E-state index in [2.05, 4.69) is 27.5 Å². The van der Waals surface area contributed by atoms with Crippen LogP contribution in [-0.2, 0) is 0 Å². The summed E-state index contributed by atoms with van der Waals surface area (Å²) < 4.78 is 0.984. The third kappa shape index (κ3) is 1.90. The van der Waals surface area contributed by atoms with E-state index in [0.29, 0.717) is 12.4 Å². The lowest BCUT2D eigenvalue weighted by Gasteiger charge is -2.21. The van der Waals surface area contributed by atoms with Crippen LogP contribution in [-0.4, -0.2) is 23.3 Å². The number of halogens is 1. The Bertz CT molecular complexity index is 468. The van der Waals surface area contributed by atoms with Crippen LogP contribution in [0.4, 0.5) is 4.79 Å². The first-order valence-electron chi connectivity index (χ1n) is 4.63. The van der Waals surface area contributed by atoms with Crippen molar-refractivity contribution in [1.82, 2.24) is 4.90 Å². The summed E-state index contributed by atoms with van der Waals surface area (Å²) >= 11 is 4.93. The second-order valence-electron chi connectivity index (χ2n) is 3.33. The lowest BCUT2D eigenvalue weighted by Crippen LogP contribution is -2.32. The van der Waals surface area contributed by atoms with Gasteiger partial charge in [0, 0.05) is 21.3 Å². The summed E-state index contributed by atoms with van der Waals surface area (Å²) in [6.07, 6.45) is 1.67. The highest BCUT2D eigenvalue weighted by molar-refractivity contribution is 9.10. The van der Waals surface area contributed by atoms with Crippen molar-refractivity contribution in [1.29, 1.82) is 0 Å². The Kier molecular flexibility index (Phi) is 3.11. The largest absolute Gasteiger partial charge is 0.385 e. The quantitative estimate of drug-likeness (QED) is 0.872. The molecule has 1 aromatic rings. The lowest BCUT2D eigenvalue weighted by molar-refractivity contribution is 0.213. The summed E-state index contributed by atoms with van der Waals surface area (Å²) in [7, 11) is 0. The van der Waals surface area contributed by atoms with Gasteiger partial charge in [0.25, 0.3) is 0 Å². The summed E-state index contributed by atoms with van der Waals surface area (Å²) in [4.78, 5) is 17.9. The van der Waals surface area contributed by atoms with Crippen molar-refractivity contribution in [3.63, 3.8) is 0 Å². The molecule has 0 aliphatic carbocycles. The van der Waals surface area contributed by atoms with Gasteiger partial charge in [-0.05, 0) is 22.0 Å². The summed E-state index contributed by atoms with van der Waals surface area (Å²) in [5, 5.41) is 1.96. The van der Waals surface area contributed by atoms with Gasteiger partial charge in [-0.15, -0.1) is 17.9 Å². The number of thiophene rings is 1. The highest BCUT2D eigenvalue weighted by atomic mass is 79.9. The molecule has 0 bridgehead atoms. The van der Waals surface area contributed by atoms with E-state index in [0.717, 1.165) is 9.35 Å². The van der Waals surface area contributed by atoms with E-state index in [1.807, 2.05) is 11.4 Å². The third-order valence-corrected chi connectivity index (χ3v) is 3.99. The molecule has 84 valence electrons. The van der Waals surface area contributed by atoms with Crippen molar-refractivity contribution in [2.24, 2.45) is 10.7 Å². The molecule has 1 unspecified atom stereocenters. The standard InChI is InChI=1S/C10H10BrN3OS/c1-2-3-14-8(9(12)13-10(14)15)7-4-6(11)5-16-7/h2,4-5,8H,1,3H2,(H2,12,13,15). The zero-order valence-electron chi connectivity index (χ0n) is 8.39. The average molecular weight is 300 g/mol. The van der Waals surface area contributed by atoms with Crippen LogP contribution in [0.5, 0.6) is 0 Å². The molecule has 2 rings (SSSR count). The highest BCUT2D eigenvalue weighted by Gasteiger charge is 2.34. The predicted octanol–water partition coefficient (Wildman–Crippen LogP) is 2.53. The fraction of sp³-hybridized carbons (Fsp3) is 0.200. The Morgan fingerprint density at radius 3 is 3.06 bits per heavy atom. The molecule has 1 aliphatic heterocycles. The SMILES string of the molecule is C=CCN1C(=O)N=C(N)C1c1cc(Br)cs1. The van der Waals surface area contributed by atoms with Gasteiger partial charge in [0.1, 0.15) is 11.9 Å². The molecular weight excluding hydrogens is 290 g/mol. The van der Waals surface area contributed by atoms with Crippen LogP contribution in [0.1, 0.15) is 10.9 Å². The molecule has 16 heavy (non-hydrogen) atoms. The van der Waals surface area contributed by atoms with Crippen molar-refractivity contribution in [3.8, 4) is 0 Å². The first kappa shape index (κ1) is 11.3. The minimum atomic E-state index is -0.299. The van der Waals surface area contributed by atoms with Gasteiger partial charge in [0.05, 0.1) is 0 Å². The first-order chi connectivity index (χ1) is 7.63. The monoisotopic (exact) mass is 299 g/mol. The number of carbonyl (C=O) groups is 1. The zero-order chi connectivity index (χ0) is 11.7. The second kappa shape index (κ2) is 4.39. The Labute approximate surface area is 106 Å². The Morgan fingerprint density at radius 1 is 1.75 bits per heavy atom. The summed E-state index contributed by atoms with van der Waals surface area (Å²) in [5.41, 5.74) is 5.78. The second-order valence-corrected chi connectivity index (χ2v) is 5.19. The van der Waals surface area contributed by atoms with Crippen LogP contribution < -0.4 is 5.73 Å². The molecule has 1 atom stereocenters. The number of hydrogen-bond donors (Lipinski definition) is 1. The Hall–Kier alpha value is -1.14. The number of nitrogens with zero attached hydrogens (tertiary/aromatic N) is 2. The molecule has 0 radical (unpaired) electrons. The van der Waals surface area contributed by atoms with Crippen molar-refractivity contribution in [2.45, 2.75) is 6.04 Å². The van der Waals surface area contributed by atoms with Crippen LogP contribution >= 0.6 is 27.3 Å². The van der Waals surface area contributed by atoms with Crippen LogP contribution in [0.3, 0.4) is 0 Å². The van der Waals surface area contributed by atoms with Crippen molar-refractivity contribution in [2.75, 3.05) is 6.54 Å². The van der Waals surface area contributed by atoms with Gasteiger partial charge in [-0.1, -0.05) is 6.08 Å². The number of amidine groups is 1. The summed E-state index contributed by atoms with van der Waals surface area (Å²) in [6.45, 7) is 4.07. The van der Waals surface area contributed by atoms with E-state index in [1.54, 1.807) is 22.3 Å². The maximum absolute atomic E-state index is 11.6. The third-order valence-electron chi connectivity index (χ3n) is 2.25. The van der Waals surface area contributed by atoms with E-state index in [9.17, 15) is 4.79 Å². The molecule has 0 saturated heterocycles. The van der Waals surface area contributed by atoms with E-state index < -0.39 is 0 Å². The molecule has 2 amide bonds. The number of urea groups is 1. The van der Waals surface area contributed by atoms with E-state index >= 15 is 0 Å². The van der Waals surface area contributed by atoms with Gasteiger partial charge in [0.15, 0.2) is 0 Å². The number of hydrogen-bond acceptors (Lipinski definition) is 3. The van der Waals surface area contributed by atoms with Crippen molar-refractivity contribution < 1.29 is 4.79 Å². The molecule has 0 fully saturated rings. The molecule has 0 spiro atoms. The van der Waals surface area contributed by atoms with Crippen molar-refractivity contribution in [3.05, 3.63) is 33.5 Å². The number of rotatable bonds is 3. The molecule has 6 heteroatoms. The molecule has 0 aromatic carbocycles. The van der Waals surface area contributed by atoms with Gasteiger partial charge in [0.2, 0.25) is 0 Å². The summed E-state index contributed by atoms with van der Waals surface area (Å²) in [6, 6.07) is 1.40. The minimum Gasteiger partial charge on any atom is -0.385 e. The summed E-state index contributed by atoms with van der Waals surface area (Å²) in [5.74, 6) is 0.348. The predicted molar refractivity (Wildman–Crippen MR) is 68.7 cm³/mol. The van der Waals surface area contributed by atoms with Crippen LogP contribution in [0.25, 0.3) is 0 Å². The van der Waals surface area contributed by atoms with Crippen LogP contribution in [0.2, 0.25) is 0 Å². The number of nitrogens with two attached hydrogens (primary N) is 1. The van der Waals surface area contributed by atoms with Gasteiger partial charge in [-0.3, -0.25) is 0 Å². The number of carbonyl (C=O) groups excluding carboxylic acids is 1. The maximum Gasteiger partial charge on any atom is 0.346 e. The van der Waals surface area contributed by atoms with Crippen molar-refractivity contribution >= 4 is 39.1 Å². The first-order valence-corrected chi connectivity index (χ1v) is 6.30. The smallest absolute Gasteiger partial charge is 0.346 e. The molecule has 2 N–H and O–H groups in total. The maximum atomic E-state index is 11.6. The van der Waals surface area contributed by atoms with E-state index in [1.165, 1.54) is 0 Å². The number of amides is 2. The van der Waals surface area contributed by atoms with Gasteiger partial charge < -0.3 is 10.6 Å². The van der Waals surface area contributed by atoms with Gasteiger partial charge in [-0.2, -0.15) is 4.99 Å². The Morgan fingerprint density at radius 2 is 2.50 bits per heavy atom. The van der Waals surface area contributed by atoms with Crippen LogP contribution in [0, 0.1) is 0 Å². The van der Waals surface area contributed by atoms with Gasteiger partial charge >= 0.3 is 6.03 Å². The highest BCUT2D eigenvalue weighted by Crippen LogP contribution is 2.32. The molecule has 2 heterocycles. The molecule has 4 nitrogen and oxygen atoms in total. The lowest BCUT2D eigenvalue weighted by atomic mass is 10.2.